The summed E-state index contributed by atoms with van der Waals surface area (Å²) in [7, 11) is 1.59. The first kappa shape index (κ1) is 21.0. The highest BCUT2D eigenvalue weighted by molar-refractivity contribution is 5.92. The Labute approximate surface area is 164 Å². The van der Waals surface area contributed by atoms with Gasteiger partial charge in [-0.15, -0.1) is 0 Å². The Kier molecular flexibility index (Phi) is 7.56. The molecule has 148 valence electrons. The van der Waals surface area contributed by atoms with Gasteiger partial charge in [-0.05, 0) is 42.3 Å². The summed E-state index contributed by atoms with van der Waals surface area (Å²) in [5.41, 5.74) is 2.10. The Balaban J connectivity index is 1.83. The van der Waals surface area contributed by atoms with E-state index >= 15 is 0 Å². The molecule has 28 heavy (non-hydrogen) atoms. The molecule has 2 aromatic rings. The largest absolute Gasteiger partial charge is 0.497 e. The van der Waals surface area contributed by atoms with E-state index in [4.69, 9.17) is 9.47 Å². The lowest BCUT2D eigenvalue weighted by atomic mass is 10.1. The zero-order chi connectivity index (χ0) is 20.5. The van der Waals surface area contributed by atoms with Gasteiger partial charge in [-0.1, -0.05) is 24.3 Å². The van der Waals surface area contributed by atoms with Gasteiger partial charge in [0.1, 0.15) is 5.75 Å². The summed E-state index contributed by atoms with van der Waals surface area (Å²) in [4.78, 5) is 35.3. The van der Waals surface area contributed by atoms with Gasteiger partial charge in [0.25, 0.3) is 5.91 Å². The Bertz CT molecular complexity index is 816. The van der Waals surface area contributed by atoms with Crippen LogP contribution in [0.4, 0.5) is 0 Å². The van der Waals surface area contributed by atoms with Crippen molar-refractivity contribution in [1.82, 2.24) is 10.6 Å². The van der Waals surface area contributed by atoms with Gasteiger partial charge in [-0.25, -0.2) is 4.79 Å². The summed E-state index contributed by atoms with van der Waals surface area (Å²) >= 11 is 0. The van der Waals surface area contributed by atoms with Crippen LogP contribution in [0, 0.1) is 0 Å². The quantitative estimate of drug-likeness (QED) is 0.681. The van der Waals surface area contributed by atoms with Crippen LogP contribution in [0.5, 0.6) is 5.75 Å². The number of benzene rings is 2. The van der Waals surface area contributed by atoms with Gasteiger partial charge in [-0.3, -0.25) is 9.59 Å². The second-order valence-corrected chi connectivity index (χ2v) is 6.22. The second kappa shape index (κ2) is 10.1. The molecule has 0 aliphatic heterocycles. The fraction of sp³-hybridized carbons (Fsp3) is 0.286. The van der Waals surface area contributed by atoms with Crippen molar-refractivity contribution in [3.63, 3.8) is 0 Å². The number of carbonyl (C=O) groups is 3. The molecule has 0 aromatic heterocycles. The summed E-state index contributed by atoms with van der Waals surface area (Å²) in [5.74, 6) is -0.358. The van der Waals surface area contributed by atoms with Crippen LogP contribution in [0.3, 0.4) is 0 Å². The molecule has 7 nitrogen and oxygen atoms in total. The van der Waals surface area contributed by atoms with Crippen LogP contribution in [-0.2, 0) is 27.4 Å². The van der Waals surface area contributed by atoms with Crippen LogP contribution in [0.15, 0.2) is 48.5 Å². The molecular weight excluding hydrogens is 360 g/mol. The highest BCUT2D eigenvalue weighted by Crippen LogP contribution is 2.11. The minimum atomic E-state index is -0.926. The molecule has 1 atom stereocenters. The average molecular weight is 384 g/mol. The first-order chi connectivity index (χ1) is 13.4. The zero-order valence-corrected chi connectivity index (χ0v) is 16.2. The summed E-state index contributed by atoms with van der Waals surface area (Å²) in [6, 6.07) is 13.9. The van der Waals surface area contributed by atoms with E-state index in [9.17, 15) is 14.4 Å². The van der Waals surface area contributed by atoms with Crippen LogP contribution in [0.2, 0.25) is 0 Å². The van der Waals surface area contributed by atoms with Gasteiger partial charge < -0.3 is 20.1 Å². The van der Waals surface area contributed by atoms with E-state index < -0.39 is 12.1 Å². The van der Waals surface area contributed by atoms with Crippen molar-refractivity contribution in [1.29, 1.82) is 0 Å². The first-order valence-corrected chi connectivity index (χ1v) is 8.84. The maximum atomic E-state index is 12.2. The van der Waals surface area contributed by atoms with E-state index in [1.807, 2.05) is 12.1 Å². The maximum absolute atomic E-state index is 12.2. The SMILES string of the molecule is COc1ccc(CNC(=O)C(C)OC(=O)c2ccc(CNC(C)=O)cc2)cc1. The predicted octanol–water partition coefficient (Wildman–Crippen LogP) is 2.19. The molecule has 0 spiro atoms. The fourth-order valence-corrected chi connectivity index (χ4v) is 2.34. The van der Waals surface area contributed by atoms with E-state index in [-0.39, 0.29) is 11.8 Å². The monoisotopic (exact) mass is 384 g/mol. The van der Waals surface area contributed by atoms with Gasteiger partial charge in [0.15, 0.2) is 6.10 Å². The topological polar surface area (TPSA) is 93.7 Å². The first-order valence-electron chi connectivity index (χ1n) is 8.84. The fourth-order valence-electron chi connectivity index (χ4n) is 2.34. The van der Waals surface area contributed by atoms with E-state index in [1.54, 1.807) is 43.5 Å². The molecule has 1 unspecified atom stereocenters. The standard InChI is InChI=1S/C21H24N2O5/c1-14(20(25)23-13-17-6-10-19(27-3)11-7-17)28-21(26)18-8-4-16(5-9-18)12-22-15(2)24/h4-11,14H,12-13H2,1-3H3,(H,22,24)(H,23,25). The highest BCUT2D eigenvalue weighted by Gasteiger charge is 2.18. The zero-order valence-electron chi connectivity index (χ0n) is 16.2. The van der Waals surface area contributed by atoms with Crippen LogP contribution in [0.25, 0.3) is 0 Å². The molecule has 2 N–H and O–H groups in total. The van der Waals surface area contributed by atoms with Crippen molar-refractivity contribution in [2.24, 2.45) is 0 Å². The maximum Gasteiger partial charge on any atom is 0.338 e. The van der Waals surface area contributed by atoms with Crippen LogP contribution in [0.1, 0.15) is 35.3 Å². The summed E-state index contributed by atoms with van der Waals surface area (Å²) in [5, 5.41) is 5.41. The molecule has 0 saturated carbocycles. The molecule has 2 rings (SSSR count). The third-order valence-electron chi connectivity index (χ3n) is 4.01. The van der Waals surface area contributed by atoms with Crippen molar-refractivity contribution in [2.75, 3.05) is 7.11 Å². The summed E-state index contributed by atoms with van der Waals surface area (Å²) < 4.78 is 10.3. The van der Waals surface area contributed by atoms with Gasteiger partial charge >= 0.3 is 5.97 Å². The number of nitrogens with one attached hydrogen (secondary N) is 2. The Morgan fingerprint density at radius 2 is 1.43 bits per heavy atom. The number of carbonyl (C=O) groups excluding carboxylic acids is 3. The Morgan fingerprint density at radius 1 is 0.893 bits per heavy atom. The molecule has 0 radical (unpaired) electrons. The molecule has 0 aliphatic carbocycles. The number of hydrogen-bond acceptors (Lipinski definition) is 5. The highest BCUT2D eigenvalue weighted by atomic mass is 16.5. The van der Waals surface area contributed by atoms with Gasteiger partial charge in [-0.2, -0.15) is 0 Å². The lowest BCUT2D eigenvalue weighted by Gasteiger charge is -2.14. The number of amides is 2. The lowest BCUT2D eigenvalue weighted by molar-refractivity contribution is -0.129. The molecule has 0 saturated heterocycles. The number of hydrogen-bond donors (Lipinski definition) is 2. The van der Waals surface area contributed by atoms with E-state index in [2.05, 4.69) is 10.6 Å². The van der Waals surface area contributed by atoms with Crippen molar-refractivity contribution in [2.45, 2.75) is 33.0 Å². The Morgan fingerprint density at radius 3 is 1.96 bits per heavy atom. The smallest absolute Gasteiger partial charge is 0.338 e. The molecule has 0 heterocycles. The van der Waals surface area contributed by atoms with E-state index in [1.165, 1.54) is 13.8 Å². The molecule has 2 aromatic carbocycles. The molecule has 2 amide bonds. The summed E-state index contributed by atoms with van der Waals surface area (Å²) in [6.07, 6.45) is -0.926. The van der Waals surface area contributed by atoms with Crippen molar-refractivity contribution < 1.29 is 23.9 Å². The normalized spacial score (nSPS) is 11.2. The average Bonchev–Trinajstić information content (AvgIpc) is 2.71. The lowest BCUT2D eigenvalue weighted by Crippen LogP contribution is -2.35. The third kappa shape index (κ3) is 6.42. The van der Waals surface area contributed by atoms with Crippen LogP contribution >= 0.6 is 0 Å². The number of esters is 1. The van der Waals surface area contributed by atoms with Crippen molar-refractivity contribution in [3.05, 3.63) is 65.2 Å². The van der Waals surface area contributed by atoms with Crippen LogP contribution in [-0.4, -0.2) is 31.0 Å². The number of methoxy groups -OCH3 is 1. The minimum Gasteiger partial charge on any atom is -0.497 e. The molecule has 7 heteroatoms. The number of ether oxygens (including phenoxy) is 2. The summed E-state index contributed by atoms with van der Waals surface area (Å²) in [6.45, 7) is 3.66. The van der Waals surface area contributed by atoms with Gasteiger partial charge in [0.2, 0.25) is 5.91 Å². The molecule has 0 bridgehead atoms. The van der Waals surface area contributed by atoms with Crippen molar-refractivity contribution in [3.8, 4) is 5.75 Å². The van der Waals surface area contributed by atoms with Gasteiger partial charge in [0.05, 0.1) is 12.7 Å². The third-order valence-corrected chi connectivity index (χ3v) is 4.01. The van der Waals surface area contributed by atoms with Crippen molar-refractivity contribution >= 4 is 17.8 Å². The van der Waals surface area contributed by atoms with E-state index in [0.717, 1.165) is 16.9 Å². The predicted molar refractivity (Wildman–Crippen MR) is 104 cm³/mol. The minimum absolute atomic E-state index is 0.127. The van der Waals surface area contributed by atoms with E-state index in [0.29, 0.717) is 18.7 Å². The van der Waals surface area contributed by atoms with Gasteiger partial charge in [0, 0.05) is 20.0 Å². The second-order valence-electron chi connectivity index (χ2n) is 6.22. The molecular formula is C21H24N2O5. The molecule has 0 aliphatic rings. The Hall–Kier alpha value is -3.35. The molecule has 0 fully saturated rings. The van der Waals surface area contributed by atoms with Crippen LogP contribution < -0.4 is 15.4 Å². The number of rotatable bonds is 8.